The van der Waals surface area contributed by atoms with E-state index < -0.39 is 34.8 Å². The summed E-state index contributed by atoms with van der Waals surface area (Å²) in [5.74, 6) is -2.77. The van der Waals surface area contributed by atoms with E-state index in [0.29, 0.717) is 19.2 Å². The Bertz CT molecular complexity index is 1420. The van der Waals surface area contributed by atoms with Crippen molar-refractivity contribution in [2.24, 2.45) is 11.8 Å². The highest BCUT2D eigenvalue weighted by molar-refractivity contribution is 5.81. The summed E-state index contributed by atoms with van der Waals surface area (Å²) in [6, 6.07) is 3.82. The molecule has 0 spiro atoms. The first-order valence-corrected chi connectivity index (χ1v) is 11.0. The van der Waals surface area contributed by atoms with E-state index in [4.69, 9.17) is 5.11 Å². The minimum atomic E-state index is -1.77. The van der Waals surface area contributed by atoms with Gasteiger partial charge in [-0.25, -0.2) is 22.9 Å². The fourth-order valence-corrected chi connectivity index (χ4v) is 5.02. The predicted octanol–water partition coefficient (Wildman–Crippen LogP) is 3.46. The molecule has 1 aromatic carbocycles. The summed E-state index contributed by atoms with van der Waals surface area (Å²) >= 11 is 0. The fraction of sp³-hybridized carbons (Fsp3) is 0.292. The molecule has 1 saturated heterocycles. The van der Waals surface area contributed by atoms with Gasteiger partial charge in [0, 0.05) is 31.1 Å². The maximum atomic E-state index is 15.3. The molecule has 35 heavy (non-hydrogen) atoms. The van der Waals surface area contributed by atoms with Gasteiger partial charge >= 0.3 is 6.16 Å². The Morgan fingerprint density at radius 2 is 2.00 bits per heavy atom. The number of carboxylic acid groups (broad SMARTS) is 1. The van der Waals surface area contributed by atoms with Crippen LogP contribution in [0.4, 0.5) is 23.8 Å². The molecular weight excluding hydrogens is 465 g/mol. The first-order chi connectivity index (χ1) is 16.8. The zero-order valence-corrected chi connectivity index (χ0v) is 18.5. The third-order valence-electron chi connectivity index (χ3n) is 6.61. The van der Waals surface area contributed by atoms with Gasteiger partial charge in [-0.15, -0.1) is 0 Å². The second-order valence-electron chi connectivity index (χ2n) is 8.63. The molecule has 5 rings (SSSR count). The summed E-state index contributed by atoms with van der Waals surface area (Å²) in [4.78, 5) is 30.1. The molecule has 3 unspecified atom stereocenters. The first-order valence-electron chi connectivity index (χ1n) is 11.0. The van der Waals surface area contributed by atoms with Crippen molar-refractivity contribution in [3.63, 3.8) is 0 Å². The molecule has 8 nitrogen and oxygen atoms in total. The Kier molecular flexibility index (Phi) is 5.72. The Morgan fingerprint density at radius 1 is 1.20 bits per heavy atom. The molecule has 2 N–H and O–H groups in total. The number of anilines is 1. The van der Waals surface area contributed by atoms with Gasteiger partial charge in [0.05, 0.1) is 17.3 Å². The van der Waals surface area contributed by atoms with Gasteiger partial charge in [0.1, 0.15) is 11.6 Å². The van der Waals surface area contributed by atoms with Crippen molar-refractivity contribution >= 4 is 23.0 Å². The number of likely N-dealkylation sites (N-methyl/N-ethyl adjacent to an activating group) is 1. The van der Waals surface area contributed by atoms with Crippen molar-refractivity contribution in [1.82, 2.24) is 14.9 Å². The normalized spacial score (nSPS) is 21.4. The average molecular weight is 486 g/mol. The lowest BCUT2D eigenvalue weighted by molar-refractivity contribution is 0.144. The number of hydrogen-bond acceptors (Lipinski definition) is 6. The largest absolute Gasteiger partial charge is 0.511 e. The Morgan fingerprint density at radius 3 is 2.71 bits per heavy atom. The molecule has 3 aromatic rings. The number of nitrogens with one attached hydrogen (secondary N) is 1. The van der Waals surface area contributed by atoms with Crippen LogP contribution in [0.5, 0.6) is 5.75 Å². The molecule has 2 aliphatic rings. The van der Waals surface area contributed by atoms with Crippen LogP contribution in [-0.4, -0.2) is 47.0 Å². The summed E-state index contributed by atoms with van der Waals surface area (Å²) < 4.78 is 49.2. The first kappa shape index (κ1) is 22.9. The van der Waals surface area contributed by atoms with E-state index in [1.165, 1.54) is 0 Å². The molecule has 0 saturated carbocycles. The monoisotopic (exact) mass is 486 g/mol. The summed E-state index contributed by atoms with van der Waals surface area (Å²) in [6.07, 6.45) is 4.21. The molecule has 3 atom stereocenters. The maximum absolute atomic E-state index is 15.3. The summed E-state index contributed by atoms with van der Waals surface area (Å²) in [5.41, 5.74) is -1.26. The Labute approximate surface area is 197 Å². The van der Waals surface area contributed by atoms with Crippen molar-refractivity contribution in [3.05, 3.63) is 70.3 Å². The van der Waals surface area contributed by atoms with Crippen LogP contribution in [-0.2, 0) is 0 Å². The number of benzene rings is 1. The van der Waals surface area contributed by atoms with Gasteiger partial charge in [0.25, 0.3) is 0 Å². The van der Waals surface area contributed by atoms with Gasteiger partial charge in [0.2, 0.25) is 5.43 Å². The van der Waals surface area contributed by atoms with E-state index in [-0.39, 0.29) is 40.4 Å². The number of fused-ring (bicyclic) bond motifs is 2. The highest BCUT2D eigenvalue weighted by atomic mass is 19.1. The molecule has 0 bridgehead atoms. The zero-order valence-electron chi connectivity index (χ0n) is 18.5. The quantitative estimate of drug-likeness (QED) is 0.431. The molecular formula is C24H21F3N4O4. The number of nitrogens with zero attached hydrogens (tertiary/aromatic N) is 3. The average Bonchev–Trinajstić information content (AvgIpc) is 3.25. The van der Waals surface area contributed by atoms with Gasteiger partial charge in [-0.05, 0) is 37.6 Å². The van der Waals surface area contributed by atoms with Gasteiger partial charge < -0.3 is 20.1 Å². The minimum Gasteiger partial charge on any atom is -0.449 e. The second-order valence-corrected chi connectivity index (χ2v) is 8.63. The summed E-state index contributed by atoms with van der Waals surface area (Å²) in [6.45, 7) is 1.06. The number of halogens is 3. The lowest BCUT2D eigenvalue weighted by atomic mass is 9.82. The van der Waals surface area contributed by atoms with Crippen molar-refractivity contribution < 1.29 is 27.8 Å². The zero-order chi connectivity index (χ0) is 24.9. The van der Waals surface area contributed by atoms with Crippen LogP contribution in [0.15, 0.2) is 47.4 Å². The second kappa shape index (κ2) is 8.73. The molecule has 182 valence electrons. The summed E-state index contributed by atoms with van der Waals surface area (Å²) in [5, 5.41) is 12.0. The molecule has 11 heteroatoms. The number of pyridine rings is 2. The number of carbonyl (C=O) groups is 1. The number of ether oxygens (including phenoxy) is 1. The Balaban J connectivity index is 1.68. The van der Waals surface area contributed by atoms with Gasteiger partial charge in [0.15, 0.2) is 23.0 Å². The van der Waals surface area contributed by atoms with Gasteiger partial charge in [-0.3, -0.25) is 9.36 Å². The smallest absolute Gasteiger partial charge is 0.449 e. The topological polar surface area (TPSA) is 96.7 Å². The van der Waals surface area contributed by atoms with Crippen LogP contribution in [0, 0.1) is 29.3 Å². The fourth-order valence-electron chi connectivity index (χ4n) is 5.02. The van der Waals surface area contributed by atoms with Crippen LogP contribution in [0.2, 0.25) is 0 Å². The van der Waals surface area contributed by atoms with E-state index in [1.807, 2.05) is 7.05 Å². The third-order valence-corrected chi connectivity index (χ3v) is 6.61. The van der Waals surface area contributed by atoms with E-state index in [2.05, 4.69) is 27.2 Å². The minimum absolute atomic E-state index is 0.00988. The van der Waals surface area contributed by atoms with Crippen LogP contribution >= 0.6 is 0 Å². The van der Waals surface area contributed by atoms with Gasteiger partial charge in [-0.1, -0.05) is 12.2 Å². The van der Waals surface area contributed by atoms with E-state index in [1.54, 1.807) is 4.90 Å². The predicted molar refractivity (Wildman–Crippen MR) is 122 cm³/mol. The standard InChI is InChI=1S/C24H21F3N4O4/c1-28-18-4-2-3-12-9-30(10-15(12)18)23-17(27)8-14-21(32)20(35-24(33)34)11-31(22(14)29-23)19-6-5-13(25)7-16(19)26/h2,4-8,11-12,15,18,28H,3,9-10H2,1H3,(H,33,34). The molecule has 0 amide bonds. The van der Waals surface area contributed by atoms with Gasteiger partial charge in [-0.2, -0.15) is 0 Å². The van der Waals surface area contributed by atoms with E-state index >= 15 is 4.39 Å². The number of rotatable bonds is 4. The van der Waals surface area contributed by atoms with Crippen molar-refractivity contribution in [1.29, 1.82) is 0 Å². The van der Waals surface area contributed by atoms with Crippen LogP contribution < -0.4 is 20.4 Å². The van der Waals surface area contributed by atoms with Crippen LogP contribution in [0.1, 0.15) is 6.42 Å². The Hall–Kier alpha value is -3.86. The molecule has 0 radical (unpaired) electrons. The maximum Gasteiger partial charge on any atom is 0.511 e. The van der Waals surface area contributed by atoms with E-state index in [0.717, 1.165) is 35.4 Å². The van der Waals surface area contributed by atoms with Crippen LogP contribution in [0.3, 0.4) is 0 Å². The van der Waals surface area contributed by atoms with Crippen LogP contribution in [0.25, 0.3) is 16.7 Å². The highest BCUT2D eigenvalue weighted by Gasteiger charge is 2.39. The van der Waals surface area contributed by atoms with Crippen molar-refractivity contribution in [2.75, 3.05) is 25.0 Å². The molecule has 3 heterocycles. The lowest BCUT2D eigenvalue weighted by Crippen LogP contribution is -2.38. The SMILES string of the molecule is CNC1C=CCC2CN(c3nc4c(cc3F)c(=O)c(OC(=O)O)cn4-c3ccc(F)cc3F)CC21. The van der Waals surface area contributed by atoms with Crippen molar-refractivity contribution in [3.8, 4) is 11.4 Å². The molecule has 1 aliphatic heterocycles. The van der Waals surface area contributed by atoms with E-state index in [9.17, 15) is 18.4 Å². The number of hydrogen-bond donors (Lipinski definition) is 2. The third kappa shape index (κ3) is 4.01. The number of aromatic nitrogens is 2. The lowest BCUT2D eigenvalue weighted by Gasteiger charge is -2.28. The highest BCUT2D eigenvalue weighted by Crippen LogP contribution is 2.36. The molecule has 1 aliphatic carbocycles. The molecule has 2 aromatic heterocycles. The number of allylic oxidation sites excluding steroid dienone is 1. The molecule has 1 fully saturated rings. The van der Waals surface area contributed by atoms with Crippen molar-refractivity contribution in [2.45, 2.75) is 12.5 Å². The summed E-state index contributed by atoms with van der Waals surface area (Å²) in [7, 11) is 1.86.